The molecule has 8 rings (SSSR count). The quantitative estimate of drug-likeness (QED) is 0.161. The summed E-state index contributed by atoms with van der Waals surface area (Å²) < 4.78 is 33.6. The van der Waals surface area contributed by atoms with Gasteiger partial charge in [0.2, 0.25) is 0 Å². The standard InChI is InChI=1S/C42H28ClF2N5O/c43-34-18-20-38(37(45)23-34)48-41(51)35-19-16-28(22-36(35)44)39-25-46-40-21-17-29(26-49(39)40)30-24-47-50(27-30)42(31-10-4-1-5-11-31,32-12-6-2-7-13-32)33-14-8-3-9-15-33/h1-27H,(H,48,51). The first-order valence-electron chi connectivity index (χ1n) is 16.2. The van der Waals surface area contributed by atoms with E-state index in [2.05, 4.69) is 46.7 Å². The highest BCUT2D eigenvalue weighted by atomic mass is 35.5. The molecule has 51 heavy (non-hydrogen) atoms. The monoisotopic (exact) mass is 691 g/mol. The number of halogens is 3. The molecule has 5 aromatic carbocycles. The van der Waals surface area contributed by atoms with Crippen molar-refractivity contribution in [2.75, 3.05) is 5.32 Å². The molecule has 248 valence electrons. The molecule has 0 radical (unpaired) electrons. The second-order valence-corrected chi connectivity index (χ2v) is 12.5. The van der Waals surface area contributed by atoms with Crippen LogP contribution in [0.2, 0.25) is 5.02 Å². The molecule has 0 atom stereocenters. The highest BCUT2D eigenvalue weighted by molar-refractivity contribution is 6.30. The first-order chi connectivity index (χ1) is 24.9. The summed E-state index contributed by atoms with van der Waals surface area (Å²) in [7, 11) is 0. The number of hydrogen-bond donors (Lipinski definition) is 1. The highest BCUT2D eigenvalue weighted by Gasteiger charge is 2.39. The minimum absolute atomic E-state index is 0.0981. The predicted molar refractivity (Wildman–Crippen MR) is 196 cm³/mol. The van der Waals surface area contributed by atoms with E-state index >= 15 is 4.39 Å². The molecule has 0 unspecified atom stereocenters. The van der Waals surface area contributed by atoms with E-state index in [1.807, 2.05) is 94.4 Å². The van der Waals surface area contributed by atoms with E-state index in [1.54, 1.807) is 12.3 Å². The van der Waals surface area contributed by atoms with Crippen LogP contribution in [0.5, 0.6) is 0 Å². The molecule has 3 aromatic heterocycles. The zero-order valence-electron chi connectivity index (χ0n) is 26.9. The summed E-state index contributed by atoms with van der Waals surface area (Å²) in [5.41, 5.74) is 5.62. The number of nitrogens with one attached hydrogen (secondary N) is 1. The second kappa shape index (κ2) is 13.2. The molecule has 1 N–H and O–H groups in total. The smallest absolute Gasteiger partial charge is 0.258 e. The summed E-state index contributed by atoms with van der Waals surface area (Å²) in [5.74, 6) is -2.26. The van der Waals surface area contributed by atoms with E-state index in [0.717, 1.165) is 33.9 Å². The van der Waals surface area contributed by atoms with Gasteiger partial charge in [-0.05, 0) is 59.2 Å². The molecule has 0 saturated carbocycles. The second-order valence-electron chi connectivity index (χ2n) is 12.0. The van der Waals surface area contributed by atoms with Crippen molar-refractivity contribution in [3.05, 3.63) is 203 Å². The maximum Gasteiger partial charge on any atom is 0.258 e. The minimum Gasteiger partial charge on any atom is -0.319 e. The Labute approximate surface area is 297 Å². The molecule has 0 spiro atoms. The number of anilines is 1. The van der Waals surface area contributed by atoms with E-state index < -0.39 is 23.1 Å². The van der Waals surface area contributed by atoms with Crippen LogP contribution in [-0.4, -0.2) is 25.1 Å². The fourth-order valence-electron chi connectivity index (χ4n) is 6.59. The zero-order valence-corrected chi connectivity index (χ0v) is 27.7. The molecule has 6 nitrogen and oxygen atoms in total. The van der Waals surface area contributed by atoms with Gasteiger partial charge in [0.05, 0.1) is 29.3 Å². The van der Waals surface area contributed by atoms with E-state index in [-0.39, 0.29) is 16.3 Å². The van der Waals surface area contributed by atoms with Gasteiger partial charge in [-0.3, -0.25) is 13.9 Å². The number of rotatable bonds is 8. The van der Waals surface area contributed by atoms with Crippen molar-refractivity contribution < 1.29 is 13.6 Å². The maximum atomic E-state index is 15.4. The van der Waals surface area contributed by atoms with Gasteiger partial charge in [0.25, 0.3) is 5.91 Å². The highest BCUT2D eigenvalue weighted by Crippen LogP contribution is 2.41. The van der Waals surface area contributed by atoms with Crippen LogP contribution in [0.25, 0.3) is 28.0 Å². The molecule has 0 aliphatic heterocycles. The van der Waals surface area contributed by atoms with Gasteiger partial charge in [-0.1, -0.05) is 109 Å². The van der Waals surface area contributed by atoms with Gasteiger partial charge in [0.1, 0.15) is 22.8 Å². The lowest BCUT2D eigenvalue weighted by atomic mass is 9.77. The summed E-state index contributed by atoms with van der Waals surface area (Å²) >= 11 is 5.81. The molecule has 0 fully saturated rings. The van der Waals surface area contributed by atoms with Crippen LogP contribution in [0.1, 0.15) is 27.0 Å². The third-order valence-corrected chi connectivity index (χ3v) is 9.26. The number of imidazole rings is 1. The van der Waals surface area contributed by atoms with Gasteiger partial charge in [-0.15, -0.1) is 0 Å². The van der Waals surface area contributed by atoms with Gasteiger partial charge in [0.15, 0.2) is 0 Å². The number of pyridine rings is 1. The van der Waals surface area contributed by atoms with E-state index in [4.69, 9.17) is 16.7 Å². The van der Waals surface area contributed by atoms with Crippen molar-refractivity contribution in [2.45, 2.75) is 5.54 Å². The molecule has 0 bridgehead atoms. The summed E-state index contributed by atoms with van der Waals surface area (Å²) in [5, 5.41) is 7.59. The van der Waals surface area contributed by atoms with Gasteiger partial charge in [-0.2, -0.15) is 5.10 Å². The number of carbonyl (C=O) groups excluding carboxylic acids is 1. The molecule has 0 aliphatic rings. The van der Waals surface area contributed by atoms with E-state index in [9.17, 15) is 9.18 Å². The van der Waals surface area contributed by atoms with Crippen molar-refractivity contribution in [2.24, 2.45) is 0 Å². The van der Waals surface area contributed by atoms with E-state index in [0.29, 0.717) is 16.9 Å². The number of fused-ring (bicyclic) bond motifs is 1. The maximum absolute atomic E-state index is 15.4. The Morgan fingerprint density at radius 3 is 1.88 bits per heavy atom. The lowest BCUT2D eigenvalue weighted by Gasteiger charge is -2.36. The van der Waals surface area contributed by atoms with Gasteiger partial charge in [0, 0.05) is 34.1 Å². The van der Waals surface area contributed by atoms with Crippen LogP contribution in [0.15, 0.2) is 164 Å². The van der Waals surface area contributed by atoms with Gasteiger partial charge >= 0.3 is 0 Å². The van der Waals surface area contributed by atoms with Crippen molar-refractivity contribution in [1.29, 1.82) is 0 Å². The van der Waals surface area contributed by atoms with Crippen molar-refractivity contribution in [1.82, 2.24) is 19.2 Å². The van der Waals surface area contributed by atoms with Crippen LogP contribution in [0.4, 0.5) is 14.5 Å². The van der Waals surface area contributed by atoms with Crippen LogP contribution >= 0.6 is 11.6 Å². The van der Waals surface area contributed by atoms with Crippen LogP contribution in [0, 0.1) is 11.6 Å². The van der Waals surface area contributed by atoms with Gasteiger partial charge in [-0.25, -0.2) is 13.8 Å². The Kier molecular flexibility index (Phi) is 8.22. The molecular weight excluding hydrogens is 664 g/mol. The normalized spacial score (nSPS) is 11.5. The molecule has 1 amide bonds. The minimum atomic E-state index is -0.782. The molecular formula is C42H28ClF2N5O. The number of benzene rings is 5. The molecule has 8 aromatic rings. The third-order valence-electron chi connectivity index (χ3n) is 9.03. The number of nitrogens with zero attached hydrogens (tertiary/aromatic N) is 4. The fraction of sp³-hybridized carbons (Fsp3) is 0.0238. The number of hydrogen-bond acceptors (Lipinski definition) is 3. The number of amides is 1. The third kappa shape index (κ3) is 5.75. The lowest BCUT2D eigenvalue weighted by molar-refractivity contribution is 0.102. The number of aromatic nitrogens is 4. The van der Waals surface area contributed by atoms with Crippen molar-refractivity contribution in [3.8, 4) is 22.4 Å². The fourth-order valence-corrected chi connectivity index (χ4v) is 6.75. The Bertz CT molecular complexity index is 2420. The lowest BCUT2D eigenvalue weighted by Crippen LogP contribution is -2.38. The zero-order chi connectivity index (χ0) is 35.0. The Hall–Kier alpha value is -6.38. The summed E-state index contributed by atoms with van der Waals surface area (Å²) in [6, 6.07) is 43.0. The summed E-state index contributed by atoms with van der Waals surface area (Å²) in [6.07, 6.45) is 7.49. The molecule has 0 saturated heterocycles. The largest absolute Gasteiger partial charge is 0.319 e. The summed E-state index contributed by atoms with van der Waals surface area (Å²) in [6.45, 7) is 0. The van der Waals surface area contributed by atoms with Crippen LogP contribution in [-0.2, 0) is 5.54 Å². The molecule has 3 heterocycles. The van der Waals surface area contributed by atoms with Crippen molar-refractivity contribution >= 4 is 28.8 Å². The Morgan fingerprint density at radius 1 is 0.647 bits per heavy atom. The average molecular weight is 692 g/mol. The first-order valence-corrected chi connectivity index (χ1v) is 16.5. The topological polar surface area (TPSA) is 64.2 Å². The average Bonchev–Trinajstić information content (AvgIpc) is 3.83. The summed E-state index contributed by atoms with van der Waals surface area (Å²) in [4.78, 5) is 17.4. The van der Waals surface area contributed by atoms with Crippen molar-refractivity contribution in [3.63, 3.8) is 0 Å². The number of carbonyl (C=O) groups is 1. The van der Waals surface area contributed by atoms with Gasteiger partial charge < -0.3 is 5.32 Å². The SMILES string of the molecule is O=C(Nc1ccc(Cl)cc1F)c1ccc(-c2cnc3ccc(-c4cnn(C(c5ccccc5)(c5ccccc5)c5ccccc5)c4)cn23)cc1F. The molecule has 0 aliphatic carbocycles. The van der Waals surface area contributed by atoms with E-state index in [1.165, 1.54) is 24.3 Å². The molecule has 9 heteroatoms. The van der Waals surface area contributed by atoms with Crippen LogP contribution in [0.3, 0.4) is 0 Å². The van der Waals surface area contributed by atoms with Crippen LogP contribution < -0.4 is 5.32 Å². The predicted octanol–water partition coefficient (Wildman–Crippen LogP) is 9.89. The Balaban J connectivity index is 1.17. The Morgan fingerprint density at radius 2 is 1.27 bits per heavy atom. The first kappa shape index (κ1) is 31.9.